The van der Waals surface area contributed by atoms with Crippen molar-refractivity contribution >= 4 is 27.6 Å². The molecule has 0 bridgehead atoms. The van der Waals surface area contributed by atoms with Crippen LogP contribution in [0, 0.1) is 0 Å². The molecule has 20 heavy (non-hydrogen) atoms. The number of phenolic OH excluding ortho intramolecular Hbond substituents is 1. The molecule has 0 aliphatic rings. The fourth-order valence-corrected chi connectivity index (χ4v) is 2.42. The number of phenols is 1. The van der Waals surface area contributed by atoms with E-state index in [0.717, 1.165) is 5.56 Å². The fraction of sp³-hybridized carbons (Fsp3) is 0.133. The number of nitrogens with two attached hydrogens (primary N) is 1. The largest absolute Gasteiger partial charge is 0.507 e. The van der Waals surface area contributed by atoms with Gasteiger partial charge in [0.05, 0.1) is 10.4 Å². The molecule has 0 spiro atoms. The third kappa shape index (κ3) is 3.30. The van der Waals surface area contributed by atoms with Gasteiger partial charge >= 0.3 is 5.97 Å². The van der Waals surface area contributed by atoms with Gasteiger partial charge in [0, 0.05) is 5.69 Å². The monoisotopic (exact) mass is 335 g/mol. The third-order valence-electron chi connectivity index (χ3n) is 3.09. The van der Waals surface area contributed by atoms with Crippen molar-refractivity contribution in [1.82, 2.24) is 0 Å². The number of benzene rings is 2. The fourth-order valence-electron chi connectivity index (χ4n) is 1.99. The summed E-state index contributed by atoms with van der Waals surface area (Å²) in [4.78, 5) is 11.4. The minimum absolute atomic E-state index is 0.133. The molecule has 2 aromatic carbocycles. The van der Waals surface area contributed by atoms with Gasteiger partial charge in [-0.1, -0.05) is 18.2 Å². The smallest absolute Gasteiger partial charge is 0.311 e. The molecule has 0 aromatic heterocycles. The number of hydrogen-bond donors (Lipinski definition) is 3. The summed E-state index contributed by atoms with van der Waals surface area (Å²) < 4.78 is 0.552. The molecule has 4 nitrogen and oxygen atoms in total. The third-order valence-corrected chi connectivity index (χ3v) is 3.72. The molecule has 104 valence electrons. The number of carbonyl (C=O) groups is 1. The molecule has 0 heterocycles. The quantitative estimate of drug-likeness (QED) is 0.749. The number of aliphatic carboxylic acids is 1. The van der Waals surface area contributed by atoms with Gasteiger partial charge < -0.3 is 15.9 Å². The zero-order chi connectivity index (χ0) is 14.7. The van der Waals surface area contributed by atoms with Gasteiger partial charge in [0.15, 0.2) is 0 Å². The topological polar surface area (TPSA) is 83.5 Å². The summed E-state index contributed by atoms with van der Waals surface area (Å²) in [6, 6.07) is 11.8. The van der Waals surface area contributed by atoms with Crippen LogP contribution in [0.5, 0.6) is 5.75 Å². The lowest BCUT2D eigenvalue weighted by Gasteiger charge is -2.13. The SMILES string of the molecule is Nc1ccc(C(Cc2ccc(O)c(Br)c2)C(=O)O)cc1. The van der Waals surface area contributed by atoms with E-state index in [4.69, 9.17) is 5.73 Å². The van der Waals surface area contributed by atoms with Crippen molar-refractivity contribution in [3.63, 3.8) is 0 Å². The Balaban J connectivity index is 2.27. The van der Waals surface area contributed by atoms with Crippen LogP contribution in [0.25, 0.3) is 0 Å². The Morgan fingerprint density at radius 1 is 1.20 bits per heavy atom. The molecule has 0 amide bonds. The minimum Gasteiger partial charge on any atom is -0.507 e. The number of halogens is 1. The molecule has 2 aromatic rings. The number of aromatic hydroxyl groups is 1. The van der Waals surface area contributed by atoms with E-state index in [2.05, 4.69) is 15.9 Å². The van der Waals surface area contributed by atoms with Crippen molar-refractivity contribution in [3.05, 3.63) is 58.1 Å². The Bertz CT molecular complexity index is 626. The van der Waals surface area contributed by atoms with Gasteiger partial charge in [-0.15, -0.1) is 0 Å². The Labute approximate surface area is 125 Å². The molecule has 5 heteroatoms. The van der Waals surface area contributed by atoms with Gasteiger partial charge in [-0.05, 0) is 57.7 Å². The lowest BCUT2D eigenvalue weighted by molar-refractivity contribution is -0.138. The summed E-state index contributed by atoms with van der Waals surface area (Å²) >= 11 is 3.22. The van der Waals surface area contributed by atoms with Gasteiger partial charge in [0.2, 0.25) is 0 Å². The number of carboxylic acids is 1. The number of nitrogen functional groups attached to an aromatic ring is 1. The number of rotatable bonds is 4. The molecule has 0 aliphatic heterocycles. The average Bonchev–Trinajstić information content (AvgIpc) is 2.41. The summed E-state index contributed by atoms with van der Waals surface area (Å²) in [5.74, 6) is -1.40. The molecule has 0 radical (unpaired) electrons. The molecule has 0 fully saturated rings. The zero-order valence-corrected chi connectivity index (χ0v) is 12.2. The maximum absolute atomic E-state index is 11.4. The molecule has 2 rings (SSSR count). The van der Waals surface area contributed by atoms with E-state index in [1.165, 1.54) is 0 Å². The van der Waals surface area contributed by atoms with E-state index in [-0.39, 0.29) is 5.75 Å². The molecular formula is C15H14BrNO3. The molecule has 0 saturated carbocycles. The number of carboxylic acid groups (broad SMARTS) is 1. The normalized spacial score (nSPS) is 12.1. The Kier molecular flexibility index (Phi) is 4.29. The van der Waals surface area contributed by atoms with Gasteiger partial charge in [-0.3, -0.25) is 4.79 Å². The highest BCUT2D eigenvalue weighted by Gasteiger charge is 2.20. The van der Waals surface area contributed by atoms with Crippen LogP contribution in [0.4, 0.5) is 5.69 Å². The summed E-state index contributed by atoms with van der Waals surface area (Å²) in [6.45, 7) is 0. The summed E-state index contributed by atoms with van der Waals surface area (Å²) in [5.41, 5.74) is 7.75. The van der Waals surface area contributed by atoms with Crippen molar-refractivity contribution in [1.29, 1.82) is 0 Å². The Hall–Kier alpha value is -2.01. The predicted molar refractivity (Wildman–Crippen MR) is 80.7 cm³/mol. The predicted octanol–water partition coefficient (Wildman–Crippen LogP) is 3.15. The van der Waals surface area contributed by atoms with Crippen molar-refractivity contribution in [2.24, 2.45) is 0 Å². The highest BCUT2D eigenvalue weighted by molar-refractivity contribution is 9.10. The van der Waals surface area contributed by atoms with Crippen LogP contribution in [-0.2, 0) is 11.2 Å². The van der Waals surface area contributed by atoms with Crippen LogP contribution in [0.15, 0.2) is 46.9 Å². The van der Waals surface area contributed by atoms with Crippen LogP contribution in [0.3, 0.4) is 0 Å². The van der Waals surface area contributed by atoms with Crippen molar-refractivity contribution in [2.45, 2.75) is 12.3 Å². The van der Waals surface area contributed by atoms with Crippen molar-refractivity contribution < 1.29 is 15.0 Å². The first-order valence-electron chi connectivity index (χ1n) is 6.03. The van der Waals surface area contributed by atoms with E-state index >= 15 is 0 Å². The number of hydrogen-bond acceptors (Lipinski definition) is 3. The number of anilines is 1. The maximum Gasteiger partial charge on any atom is 0.311 e. The summed E-state index contributed by atoms with van der Waals surface area (Å²) in [7, 11) is 0. The van der Waals surface area contributed by atoms with Gasteiger partial charge in [-0.25, -0.2) is 0 Å². The van der Waals surface area contributed by atoms with E-state index in [9.17, 15) is 15.0 Å². The van der Waals surface area contributed by atoms with Gasteiger partial charge in [0.25, 0.3) is 0 Å². The molecule has 1 unspecified atom stereocenters. The molecule has 0 saturated heterocycles. The molecule has 4 N–H and O–H groups in total. The second-order valence-corrected chi connectivity index (χ2v) is 5.40. The first-order chi connectivity index (χ1) is 9.47. The lowest BCUT2D eigenvalue weighted by atomic mass is 9.92. The highest BCUT2D eigenvalue weighted by atomic mass is 79.9. The molecule has 0 aliphatic carbocycles. The first kappa shape index (κ1) is 14.4. The minimum atomic E-state index is -0.890. The van der Waals surface area contributed by atoms with E-state index in [0.29, 0.717) is 22.1 Å². The standard InChI is InChI=1S/C15H14BrNO3/c16-13-8-9(1-6-14(13)18)7-12(15(19)20)10-2-4-11(17)5-3-10/h1-6,8,12,18H,7,17H2,(H,19,20). The average molecular weight is 336 g/mol. The van der Waals surface area contributed by atoms with Crippen LogP contribution >= 0.6 is 15.9 Å². The van der Waals surface area contributed by atoms with E-state index < -0.39 is 11.9 Å². The molecular weight excluding hydrogens is 322 g/mol. The van der Waals surface area contributed by atoms with E-state index in [1.54, 1.807) is 42.5 Å². The summed E-state index contributed by atoms with van der Waals surface area (Å²) in [5, 5.41) is 18.8. The maximum atomic E-state index is 11.4. The molecule has 1 atom stereocenters. The van der Waals surface area contributed by atoms with Crippen LogP contribution < -0.4 is 5.73 Å². The zero-order valence-electron chi connectivity index (χ0n) is 10.6. The summed E-state index contributed by atoms with van der Waals surface area (Å²) in [6.07, 6.45) is 0.345. The van der Waals surface area contributed by atoms with Gasteiger partial charge in [-0.2, -0.15) is 0 Å². The van der Waals surface area contributed by atoms with Crippen molar-refractivity contribution in [2.75, 3.05) is 5.73 Å². The van der Waals surface area contributed by atoms with E-state index in [1.807, 2.05) is 0 Å². The first-order valence-corrected chi connectivity index (χ1v) is 6.82. The van der Waals surface area contributed by atoms with Crippen LogP contribution in [0.2, 0.25) is 0 Å². The van der Waals surface area contributed by atoms with Crippen molar-refractivity contribution in [3.8, 4) is 5.75 Å². The second-order valence-electron chi connectivity index (χ2n) is 4.55. The van der Waals surface area contributed by atoms with Crippen LogP contribution in [-0.4, -0.2) is 16.2 Å². The Morgan fingerprint density at radius 3 is 2.40 bits per heavy atom. The Morgan fingerprint density at radius 2 is 1.85 bits per heavy atom. The lowest BCUT2D eigenvalue weighted by Crippen LogP contribution is -2.14. The highest BCUT2D eigenvalue weighted by Crippen LogP contribution is 2.28. The van der Waals surface area contributed by atoms with Crippen LogP contribution in [0.1, 0.15) is 17.0 Å². The van der Waals surface area contributed by atoms with Gasteiger partial charge in [0.1, 0.15) is 5.75 Å². The second kappa shape index (κ2) is 5.96.